The Hall–Kier alpha value is -2.07. The number of nitriles is 1. The number of carbonyl (C=O) groups excluding carboxylic acids is 1. The summed E-state index contributed by atoms with van der Waals surface area (Å²) in [5.74, 6) is -0.730. The highest BCUT2D eigenvalue weighted by Gasteiger charge is 2.44. The maximum absolute atomic E-state index is 13.0. The fourth-order valence-electron chi connectivity index (χ4n) is 2.38. The van der Waals surface area contributed by atoms with E-state index in [0.717, 1.165) is 6.07 Å². The van der Waals surface area contributed by atoms with Gasteiger partial charge in [0.2, 0.25) is 0 Å². The zero-order chi connectivity index (χ0) is 15.8. The number of rotatable bonds is 3. The summed E-state index contributed by atoms with van der Waals surface area (Å²) in [5.41, 5.74) is -1.23. The second kappa shape index (κ2) is 5.37. The molecular weight excluding hydrogens is 283 g/mol. The summed E-state index contributed by atoms with van der Waals surface area (Å²) in [4.78, 5) is 15.3. The van der Waals surface area contributed by atoms with Crippen LogP contribution in [0.4, 0.5) is 13.2 Å². The van der Waals surface area contributed by atoms with E-state index in [4.69, 9.17) is 0 Å². The Kier molecular flexibility index (Phi) is 3.92. The molecule has 0 saturated carbocycles. The largest absolute Gasteiger partial charge is 0.417 e. The summed E-state index contributed by atoms with van der Waals surface area (Å²) in [6, 6.07) is 4.47. The van der Waals surface area contributed by atoms with Crippen molar-refractivity contribution in [2.24, 2.45) is 0 Å². The second-order valence-electron chi connectivity index (χ2n) is 5.10. The smallest absolute Gasteiger partial charge is 0.317 e. The Morgan fingerprint density at radius 3 is 2.57 bits per heavy atom. The first kappa shape index (κ1) is 15.3. The van der Waals surface area contributed by atoms with Crippen molar-refractivity contribution in [3.8, 4) is 6.07 Å². The third-order valence-corrected chi connectivity index (χ3v) is 3.39. The van der Waals surface area contributed by atoms with Crippen molar-refractivity contribution >= 4 is 5.91 Å². The number of hydrogen-bond acceptors (Lipinski definition) is 3. The molecule has 1 unspecified atom stereocenters. The van der Waals surface area contributed by atoms with Crippen LogP contribution in [0.2, 0.25) is 0 Å². The highest BCUT2D eigenvalue weighted by Crippen LogP contribution is 2.41. The molecule has 112 valence electrons. The Balaban J connectivity index is 2.47. The molecule has 0 spiro atoms. The van der Waals surface area contributed by atoms with Gasteiger partial charge in [0.15, 0.2) is 0 Å². The van der Waals surface area contributed by atoms with Crippen molar-refractivity contribution in [3.63, 3.8) is 0 Å². The Morgan fingerprint density at radius 1 is 1.38 bits per heavy atom. The number of likely N-dealkylation sites (N-methyl/N-ethyl adjacent to an activating group) is 1. The Bertz CT molecular complexity index is 604. The molecule has 21 heavy (non-hydrogen) atoms. The number of carbonyl (C=O) groups is 1. The Morgan fingerprint density at radius 2 is 2.05 bits per heavy atom. The van der Waals surface area contributed by atoms with Crippen molar-refractivity contribution in [2.45, 2.75) is 12.2 Å². The van der Waals surface area contributed by atoms with Crippen molar-refractivity contribution in [3.05, 3.63) is 34.9 Å². The number of benzene rings is 1. The zero-order valence-electron chi connectivity index (χ0n) is 11.6. The van der Waals surface area contributed by atoms with Crippen molar-refractivity contribution < 1.29 is 18.0 Å². The maximum Gasteiger partial charge on any atom is 0.417 e. The van der Waals surface area contributed by atoms with Gasteiger partial charge >= 0.3 is 6.18 Å². The van der Waals surface area contributed by atoms with Crippen LogP contribution in [0, 0.1) is 11.3 Å². The lowest BCUT2D eigenvalue weighted by molar-refractivity contribution is -0.137. The number of fused-ring (bicyclic) bond motifs is 1. The molecule has 0 radical (unpaired) electrons. The minimum absolute atomic E-state index is 0.135. The molecule has 4 nitrogen and oxygen atoms in total. The predicted molar refractivity (Wildman–Crippen MR) is 69.4 cm³/mol. The number of amides is 1. The van der Waals surface area contributed by atoms with Crippen LogP contribution < -0.4 is 0 Å². The summed E-state index contributed by atoms with van der Waals surface area (Å²) in [6.07, 6.45) is -4.61. The molecule has 1 heterocycles. The van der Waals surface area contributed by atoms with Gasteiger partial charge in [-0.2, -0.15) is 18.4 Å². The van der Waals surface area contributed by atoms with Crippen LogP contribution in [-0.2, 0) is 6.18 Å². The SMILES string of the molecule is CN(C)CCN1C(=O)c2c(cccc2C(F)(F)F)C1C#N. The van der Waals surface area contributed by atoms with E-state index in [-0.39, 0.29) is 12.1 Å². The molecule has 0 aromatic heterocycles. The second-order valence-corrected chi connectivity index (χ2v) is 5.10. The molecule has 1 atom stereocenters. The van der Waals surface area contributed by atoms with Gasteiger partial charge in [0.05, 0.1) is 17.2 Å². The average Bonchev–Trinajstić information content (AvgIpc) is 2.67. The van der Waals surface area contributed by atoms with Crippen LogP contribution in [0.15, 0.2) is 18.2 Å². The first-order valence-electron chi connectivity index (χ1n) is 6.32. The first-order valence-corrected chi connectivity index (χ1v) is 6.32. The molecule has 0 fully saturated rings. The zero-order valence-corrected chi connectivity index (χ0v) is 11.6. The van der Waals surface area contributed by atoms with Crippen LogP contribution in [-0.4, -0.2) is 42.9 Å². The maximum atomic E-state index is 13.0. The summed E-state index contributed by atoms with van der Waals surface area (Å²) in [7, 11) is 3.58. The lowest BCUT2D eigenvalue weighted by Gasteiger charge is -2.22. The van der Waals surface area contributed by atoms with Crippen molar-refractivity contribution in [1.29, 1.82) is 5.26 Å². The normalized spacial score (nSPS) is 18.0. The average molecular weight is 297 g/mol. The van der Waals surface area contributed by atoms with Gasteiger partial charge in [-0.3, -0.25) is 4.79 Å². The summed E-state index contributed by atoms with van der Waals surface area (Å²) in [6.45, 7) is 0.676. The van der Waals surface area contributed by atoms with Gasteiger partial charge in [0.1, 0.15) is 6.04 Å². The summed E-state index contributed by atoms with van der Waals surface area (Å²) >= 11 is 0. The number of nitrogens with zero attached hydrogens (tertiary/aromatic N) is 3. The summed E-state index contributed by atoms with van der Waals surface area (Å²) < 4.78 is 39.1. The third-order valence-electron chi connectivity index (χ3n) is 3.39. The molecule has 0 N–H and O–H groups in total. The number of hydrogen-bond donors (Lipinski definition) is 0. The van der Waals surface area contributed by atoms with Crippen molar-refractivity contribution in [1.82, 2.24) is 9.80 Å². The topological polar surface area (TPSA) is 47.3 Å². The minimum Gasteiger partial charge on any atom is -0.317 e. The predicted octanol–water partition coefficient (Wildman–Crippen LogP) is 2.29. The highest BCUT2D eigenvalue weighted by atomic mass is 19.4. The van der Waals surface area contributed by atoms with E-state index in [1.54, 1.807) is 19.0 Å². The van der Waals surface area contributed by atoms with E-state index in [9.17, 15) is 23.2 Å². The van der Waals surface area contributed by atoms with Gasteiger partial charge < -0.3 is 9.80 Å². The number of alkyl halides is 3. The molecule has 1 aliphatic heterocycles. The van der Waals surface area contributed by atoms with Crippen LogP contribution in [0.3, 0.4) is 0 Å². The highest BCUT2D eigenvalue weighted by molar-refractivity contribution is 6.01. The summed E-state index contributed by atoms with van der Waals surface area (Å²) in [5, 5.41) is 9.22. The van der Waals surface area contributed by atoms with E-state index < -0.39 is 29.3 Å². The van der Waals surface area contributed by atoms with Gasteiger partial charge in [0, 0.05) is 18.7 Å². The molecule has 7 heteroatoms. The van der Waals surface area contributed by atoms with E-state index >= 15 is 0 Å². The molecule has 0 saturated heterocycles. The van der Waals surface area contributed by atoms with Gasteiger partial charge in [-0.05, 0) is 20.2 Å². The Labute approximate surface area is 120 Å². The van der Waals surface area contributed by atoms with Crippen LogP contribution in [0.1, 0.15) is 27.5 Å². The fourth-order valence-corrected chi connectivity index (χ4v) is 2.38. The van der Waals surface area contributed by atoms with E-state index in [1.807, 2.05) is 6.07 Å². The van der Waals surface area contributed by atoms with E-state index in [0.29, 0.717) is 6.54 Å². The van der Waals surface area contributed by atoms with Gasteiger partial charge in [-0.1, -0.05) is 12.1 Å². The quantitative estimate of drug-likeness (QED) is 0.860. The van der Waals surface area contributed by atoms with Crippen LogP contribution >= 0.6 is 0 Å². The molecule has 1 aliphatic rings. The molecule has 0 aliphatic carbocycles. The standard InChI is InChI=1S/C14H14F3N3O/c1-19(2)6-7-20-11(8-18)9-4-3-5-10(14(15,16)17)12(9)13(20)21/h3-5,11H,6-7H2,1-2H3. The first-order chi connectivity index (χ1) is 9.77. The third kappa shape index (κ3) is 2.72. The van der Waals surface area contributed by atoms with Crippen LogP contribution in [0.25, 0.3) is 0 Å². The van der Waals surface area contributed by atoms with E-state index in [1.165, 1.54) is 17.0 Å². The fraction of sp³-hybridized carbons (Fsp3) is 0.429. The molecule has 1 aromatic carbocycles. The van der Waals surface area contributed by atoms with Gasteiger partial charge in [0.25, 0.3) is 5.91 Å². The molecule has 1 amide bonds. The van der Waals surface area contributed by atoms with Gasteiger partial charge in [-0.15, -0.1) is 0 Å². The lowest BCUT2D eigenvalue weighted by Crippen LogP contribution is -2.34. The van der Waals surface area contributed by atoms with Gasteiger partial charge in [-0.25, -0.2) is 0 Å². The lowest BCUT2D eigenvalue weighted by atomic mass is 10.00. The number of halogens is 3. The van der Waals surface area contributed by atoms with Crippen LogP contribution in [0.5, 0.6) is 0 Å². The van der Waals surface area contributed by atoms with Crippen molar-refractivity contribution in [2.75, 3.05) is 27.2 Å². The molecule has 2 rings (SSSR count). The molecule has 0 bridgehead atoms. The van der Waals surface area contributed by atoms with E-state index in [2.05, 4.69) is 0 Å². The minimum atomic E-state index is -4.61. The monoisotopic (exact) mass is 297 g/mol. The molecular formula is C14H14F3N3O. The molecule has 1 aromatic rings.